The summed E-state index contributed by atoms with van der Waals surface area (Å²) in [4.78, 5) is 68.7. The third kappa shape index (κ3) is 3.86. The lowest BCUT2D eigenvalue weighted by molar-refractivity contribution is 0.0642. The highest BCUT2D eigenvalue weighted by atomic mass is 16.5. The first-order chi connectivity index (χ1) is 17.7. The number of rotatable bonds is 5. The van der Waals surface area contributed by atoms with Crippen molar-refractivity contribution in [3.63, 3.8) is 0 Å². The minimum Gasteiger partial charge on any atom is -0.496 e. The molecule has 3 heterocycles. The molecule has 0 bridgehead atoms. The molecule has 37 heavy (non-hydrogen) atoms. The molecule has 1 N–H and O–H groups in total. The van der Waals surface area contributed by atoms with E-state index in [4.69, 9.17) is 4.74 Å². The van der Waals surface area contributed by atoms with Crippen molar-refractivity contribution < 1.29 is 19.1 Å². The highest BCUT2D eigenvalue weighted by molar-refractivity contribution is 6.21. The smallest absolute Gasteiger partial charge is 0.332 e. The Morgan fingerprint density at radius 2 is 1.62 bits per heavy atom. The van der Waals surface area contributed by atoms with Gasteiger partial charge < -0.3 is 10.1 Å². The number of benzene rings is 2. The molecule has 1 aliphatic heterocycles. The van der Waals surface area contributed by atoms with Crippen molar-refractivity contribution in [1.82, 2.24) is 19.0 Å². The number of imide groups is 1. The summed E-state index contributed by atoms with van der Waals surface area (Å²) in [6.45, 7) is -0.0295. The molecular weight excluding hydrogens is 478 g/mol. The molecule has 2 aromatic heterocycles. The molecule has 186 valence electrons. The van der Waals surface area contributed by atoms with Crippen LogP contribution < -0.4 is 21.3 Å². The van der Waals surface area contributed by atoms with E-state index in [1.165, 1.54) is 44.1 Å². The molecule has 0 fully saturated rings. The molecule has 0 unspecified atom stereocenters. The van der Waals surface area contributed by atoms with Gasteiger partial charge in [-0.2, -0.15) is 0 Å². The average Bonchev–Trinajstić information content (AvgIpc) is 3.15. The van der Waals surface area contributed by atoms with Gasteiger partial charge in [-0.15, -0.1) is 0 Å². The van der Waals surface area contributed by atoms with E-state index in [1.54, 1.807) is 36.4 Å². The third-order valence-electron chi connectivity index (χ3n) is 6.28. The van der Waals surface area contributed by atoms with Crippen molar-refractivity contribution in [2.24, 2.45) is 14.1 Å². The molecule has 0 spiro atoms. The van der Waals surface area contributed by atoms with E-state index in [0.29, 0.717) is 16.7 Å². The van der Waals surface area contributed by atoms with Crippen LogP contribution in [-0.2, 0) is 20.6 Å². The van der Waals surface area contributed by atoms with Gasteiger partial charge in [0, 0.05) is 14.1 Å². The van der Waals surface area contributed by atoms with E-state index >= 15 is 0 Å². The van der Waals surface area contributed by atoms with Gasteiger partial charge in [-0.1, -0.05) is 18.2 Å². The Kier molecular flexibility index (Phi) is 5.67. The molecule has 3 amide bonds. The number of fused-ring (bicyclic) bond motifs is 2. The maximum atomic E-state index is 13.2. The van der Waals surface area contributed by atoms with Gasteiger partial charge in [0.15, 0.2) is 0 Å². The summed E-state index contributed by atoms with van der Waals surface area (Å²) >= 11 is 0. The summed E-state index contributed by atoms with van der Waals surface area (Å²) in [5.41, 5.74) is 0.750. The SMILES string of the molecule is COc1ccc(CN2C(=O)c3ccccc3C2=O)cc1C(=O)Nc1cnc2c(c1)c(=O)n(C)c(=O)n2C. The predicted molar refractivity (Wildman–Crippen MR) is 134 cm³/mol. The molecule has 0 radical (unpaired) electrons. The number of carbonyl (C=O) groups excluding carboxylic acids is 3. The number of carbonyl (C=O) groups is 3. The molecule has 5 rings (SSSR count). The highest BCUT2D eigenvalue weighted by Crippen LogP contribution is 2.27. The zero-order valence-electron chi connectivity index (χ0n) is 20.1. The second kappa shape index (κ2) is 8.86. The Morgan fingerprint density at radius 3 is 2.27 bits per heavy atom. The van der Waals surface area contributed by atoms with Gasteiger partial charge in [0.2, 0.25) is 0 Å². The van der Waals surface area contributed by atoms with Gasteiger partial charge in [0.05, 0.1) is 47.6 Å². The number of nitrogens with one attached hydrogen (secondary N) is 1. The Balaban J connectivity index is 1.44. The minimum absolute atomic E-state index is 0.0295. The number of methoxy groups -OCH3 is 1. The monoisotopic (exact) mass is 499 g/mol. The van der Waals surface area contributed by atoms with Crippen LogP contribution in [0.1, 0.15) is 36.6 Å². The zero-order valence-corrected chi connectivity index (χ0v) is 20.1. The summed E-state index contributed by atoms with van der Waals surface area (Å²) < 4.78 is 7.54. The number of nitrogens with zero attached hydrogens (tertiary/aromatic N) is 4. The molecular formula is C26H21N5O6. The Bertz CT molecular complexity index is 1720. The van der Waals surface area contributed by atoms with E-state index in [-0.39, 0.29) is 34.6 Å². The van der Waals surface area contributed by atoms with Crippen LogP contribution in [0.5, 0.6) is 5.75 Å². The molecule has 0 saturated heterocycles. The molecule has 0 saturated carbocycles. The fourth-order valence-electron chi connectivity index (χ4n) is 4.33. The van der Waals surface area contributed by atoms with Crippen LogP contribution in [0.25, 0.3) is 11.0 Å². The number of anilines is 1. The van der Waals surface area contributed by atoms with Crippen LogP contribution in [-0.4, -0.2) is 43.8 Å². The van der Waals surface area contributed by atoms with E-state index in [1.807, 2.05) is 0 Å². The van der Waals surface area contributed by atoms with Crippen LogP contribution in [0.15, 0.2) is 64.3 Å². The summed E-state index contributed by atoms with van der Waals surface area (Å²) in [7, 11) is 4.28. The van der Waals surface area contributed by atoms with Gasteiger partial charge in [-0.25, -0.2) is 9.78 Å². The number of aryl methyl sites for hydroxylation is 1. The summed E-state index contributed by atoms with van der Waals surface area (Å²) in [5.74, 6) is -1.08. The minimum atomic E-state index is -0.552. The summed E-state index contributed by atoms with van der Waals surface area (Å²) in [5, 5.41) is 2.85. The second-order valence-corrected chi connectivity index (χ2v) is 8.53. The third-order valence-corrected chi connectivity index (χ3v) is 6.28. The summed E-state index contributed by atoms with van der Waals surface area (Å²) in [6.07, 6.45) is 1.34. The topological polar surface area (TPSA) is 133 Å². The van der Waals surface area contributed by atoms with Crippen LogP contribution in [0.2, 0.25) is 0 Å². The van der Waals surface area contributed by atoms with E-state index in [2.05, 4.69) is 10.3 Å². The number of amides is 3. The fourth-order valence-corrected chi connectivity index (χ4v) is 4.33. The lowest BCUT2D eigenvalue weighted by Gasteiger charge is -2.16. The van der Waals surface area contributed by atoms with E-state index in [9.17, 15) is 24.0 Å². The zero-order chi connectivity index (χ0) is 26.4. The van der Waals surface area contributed by atoms with Crippen LogP contribution in [0.3, 0.4) is 0 Å². The first-order valence-electron chi connectivity index (χ1n) is 11.2. The average molecular weight is 499 g/mol. The molecule has 0 atom stereocenters. The first-order valence-corrected chi connectivity index (χ1v) is 11.2. The molecule has 0 aliphatic carbocycles. The van der Waals surface area contributed by atoms with Gasteiger partial charge in [0.1, 0.15) is 11.4 Å². The van der Waals surface area contributed by atoms with Crippen LogP contribution in [0.4, 0.5) is 5.69 Å². The lowest BCUT2D eigenvalue weighted by Crippen LogP contribution is -2.37. The van der Waals surface area contributed by atoms with Gasteiger partial charge in [0.25, 0.3) is 23.3 Å². The highest BCUT2D eigenvalue weighted by Gasteiger charge is 2.35. The van der Waals surface area contributed by atoms with Crippen molar-refractivity contribution in [2.75, 3.05) is 12.4 Å². The van der Waals surface area contributed by atoms with Gasteiger partial charge >= 0.3 is 5.69 Å². The standard InChI is InChI=1S/C26H21N5O6/c1-29-21-19(23(33)30(2)26(29)36)11-15(12-27-21)28-22(32)18-10-14(8-9-20(18)37-3)13-31-24(34)16-6-4-5-7-17(16)25(31)35/h4-12H,13H2,1-3H3,(H,28,32). The predicted octanol–water partition coefficient (Wildman–Crippen LogP) is 1.69. The van der Waals surface area contributed by atoms with Crippen molar-refractivity contribution >= 4 is 34.4 Å². The number of aromatic nitrogens is 3. The Labute approximate surface area is 209 Å². The lowest BCUT2D eigenvalue weighted by atomic mass is 10.1. The number of hydrogen-bond acceptors (Lipinski definition) is 7. The maximum absolute atomic E-state index is 13.2. The van der Waals surface area contributed by atoms with Crippen molar-refractivity contribution in [3.05, 3.63) is 97.8 Å². The van der Waals surface area contributed by atoms with Gasteiger partial charge in [-0.3, -0.25) is 33.2 Å². The van der Waals surface area contributed by atoms with Crippen molar-refractivity contribution in [2.45, 2.75) is 6.54 Å². The Morgan fingerprint density at radius 1 is 0.946 bits per heavy atom. The Hall–Kier alpha value is -5.06. The summed E-state index contributed by atoms with van der Waals surface area (Å²) in [6, 6.07) is 12.8. The van der Waals surface area contributed by atoms with E-state index < -0.39 is 29.0 Å². The first kappa shape index (κ1) is 23.7. The van der Waals surface area contributed by atoms with Crippen molar-refractivity contribution in [1.29, 1.82) is 0 Å². The number of hydrogen-bond donors (Lipinski definition) is 1. The van der Waals surface area contributed by atoms with Gasteiger partial charge in [-0.05, 0) is 35.9 Å². The molecule has 1 aliphatic rings. The molecule has 2 aromatic carbocycles. The number of pyridine rings is 1. The normalized spacial score (nSPS) is 12.7. The molecule has 4 aromatic rings. The molecule has 11 heteroatoms. The van der Waals surface area contributed by atoms with Crippen LogP contribution in [0, 0.1) is 0 Å². The fraction of sp³-hybridized carbons (Fsp3) is 0.154. The van der Waals surface area contributed by atoms with Crippen LogP contribution >= 0.6 is 0 Å². The quantitative estimate of drug-likeness (QED) is 0.413. The number of ether oxygens (including phenoxy) is 1. The van der Waals surface area contributed by atoms with E-state index in [0.717, 1.165) is 9.47 Å². The largest absolute Gasteiger partial charge is 0.496 e. The maximum Gasteiger partial charge on any atom is 0.332 e. The second-order valence-electron chi connectivity index (χ2n) is 8.53. The van der Waals surface area contributed by atoms with Crippen molar-refractivity contribution in [3.8, 4) is 5.75 Å². The molecule has 11 nitrogen and oxygen atoms in total.